The Balaban J connectivity index is 0.000000230. The summed E-state index contributed by atoms with van der Waals surface area (Å²) in [6.45, 7) is 1.92. The molecular formula is C48H48F8N8O7. The molecule has 4 atom stereocenters. The van der Waals surface area contributed by atoms with Gasteiger partial charge in [-0.2, -0.15) is 26.3 Å². The van der Waals surface area contributed by atoms with E-state index in [9.17, 15) is 54.3 Å². The van der Waals surface area contributed by atoms with Crippen molar-refractivity contribution in [3.05, 3.63) is 138 Å². The van der Waals surface area contributed by atoms with Crippen molar-refractivity contribution in [1.29, 1.82) is 5.41 Å². The van der Waals surface area contributed by atoms with Crippen LogP contribution in [0.4, 0.5) is 46.6 Å². The topological polar surface area (TPSA) is 223 Å². The number of hydrogen-bond acceptors (Lipinski definition) is 9. The molecule has 0 radical (unpaired) electrons. The van der Waals surface area contributed by atoms with E-state index in [1.807, 2.05) is 0 Å². The Kier molecular flexibility index (Phi) is 18.5. The average Bonchev–Trinajstić information content (AvgIpc) is 4.08. The molecule has 8 N–H and O–H groups in total. The number of carboxylic acids is 1. The van der Waals surface area contributed by atoms with E-state index in [1.165, 1.54) is 59.3 Å². The normalized spacial score (nSPS) is 16.6. The number of nitrogens with two attached hydrogens (primary N) is 1. The van der Waals surface area contributed by atoms with Gasteiger partial charge in [-0.25, -0.2) is 13.5 Å². The second kappa shape index (κ2) is 24.3. The Labute approximate surface area is 400 Å². The molecule has 0 saturated carbocycles. The largest absolute Gasteiger partial charge is 0.481 e. The number of anilines is 2. The van der Waals surface area contributed by atoms with Crippen LogP contribution in [0.15, 0.2) is 109 Å². The van der Waals surface area contributed by atoms with Crippen molar-refractivity contribution in [1.82, 2.24) is 20.4 Å². The molecule has 71 heavy (non-hydrogen) atoms. The third-order valence-corrected chi connectivity index (χ3v) is 10.5. The van der Waals surface area contributed by atoms with Crippen molar-refractivity contribution in [3.63, 3.8) is 0 Å². The summed E-state index contributed by atoms with van der Waals surface area (Å²) in [6, 6.07) is 26.1. The fourth-order valence-electron chi connectivity index (χ4n) is 6.54. The quantitative estimate of drug-likeness (QED) is 0.0303. The van der Waals surface area contributed by atoms with Crippen molar-refractivity contribution >= 4 is 46.7 Å². The van der Waals surface area contributed by atoms with E-state index >= 15 is 0 Å². The number of carbonyl (C=O) groups excluding carboxylic acids is 3. The van der Waals surface area contributed by atoms with Gasteiger partial charge in [0, 0.05) is 55.0 Å². The number of benzene rings is 4. The molecule has 7 rings (SSSR count). The summed E-state index contributed by atoms with van der Waals surface area (Å²) in [6.07, 6.45) is -11.1. The van der Waals surface area contributed by atoms with Gasteiger partial charge in [0.15, 0.2) is 18.0 Å². The summed E-state index contributed by atoms with van der Waals surface area (Å²) in [7, 11) is 0. The first-order valence-corrected chi connectivity index (χ1v) is 21.5. The summed E-state index contributed by atoms with van der Waals surface area (Å²) >= 11 is 0. The lowest BCUT2D eigenvalue weighted by atomic mass is 10.1. The molecule has 2 aliphatic heterocycles. The minimum absolute atomic E-state index is 0.0791. The number of hydrogen-bond donors (Lipinski definition) is 7. The number of halogens is 8. The maximum absolute atomic E-state index is 13.5. The van der Waals surface area contributed by atoms with E-state index in [2.05, 4.69) is 26.4 Å². The number of rotatable bonds is 15. The van der Waals surface area contributed by atoms with Crippen molar-refractivity contribution < 1.29 is 68.9 Å². The van der Waals surface area contributed by atoms with E-state index in [0.29, 0.717) is 45.0 Å². The lowest BCUT2D eigenvalue weighted by Gasteiger charge is -2.17. The Morgan fingerprint density at radius 1 is 0.789 bits per heavy atom. The molecule has 15 nitrogen and oxygen atoms in total. The molecule has 3 amide bonds. The van der Waals surface area contributed by atoms with E-state index in [-0.39, 0.29) is 68.5 Å². The highest BCUT2D eigenvalue weighted by molar-refractivity contribution is 5.98. The first-order chi connectivity index (χ1) is 33.4. The zero-order valence-corrected chi connectivity index (χ0v) is 37.8. The molecule has 0 bridgehead atoms. The second-order valence-corrected chi connectivity index (χ2v) is 16.1. The van der Waals surface area contributed by atoms with Gasteiger partial charge in [0.1, 0.15) is 17.5 Å². The van der Waals surface area contributed by atoms with Gasteiger partial charge in [0.05, 0.1) is 36.4 Å². The predicted octanol–water partition coefficient (Wildman–Crippen LogP) is 8.11. The number of carboxylic acid groups (broad SMARTS) is 1. The summed E-state index contributed by atoms with van der Waals surface area (Å²) < 4.78 is 114. The molecule has 378 valence electrons. The van der Waals surface area contributed by atoms with Crippen molar-refractivity contribution in [2.45, 2.75) is 64.5 Å². The van der Waals surface area contributed by atoms with Crippen molar-refractivity contribution in [2.24, 2.45) is 17.6 Å². The fourth-order valence-corrected chi connectivity index (χ4v) is 6.54. The number of amidine groups is 1. The maximum Gasteiger partial charge on any atom is 0.414 e. The van der Waals surface area contributed by atoms with Crippen molar-refractivity contribution in [2.75, 3.05) is 23.7 Å². The smallest absolute Gasteiger partial charge is 0.414 e. The van der Waals surface area contributed by atoms with E-state index in [4.69, 9.17) is 25.7 Å². The first-order valence-electron chi connectivity index (χ1n) is 21.5. The Morgan fingerprint density at radius 3 is 1.80 bits per heavy atom. The molecule has 0 unspecified atom stereocenters. The summed E-state index contributed by atoms with van der Waals surface area (Å²) in [5.41, 5.74) is 9.70. The maximum atomic E-state index is 13.5. The van der Waals surface area contributed by atoms with Crippen LogP contribution in [0.25, 0.3) is 22.6 Å². The van der Waals surface area contributed by atoms with Gasteiger partial charge in [0.25, 0.3) is 0 Å². The number of alkyl halides is 6. The van der Waals surface area contributed by atoms with Crippen LogP contribution in [0.5, 0.6) is 0 Å². The number of nitrogens with one attached hydrogen (secondary N) is 5. The van der Waals surface area contributed by atoms with Gasteiger partial charge in [-0.1, -0.05) is 36.4 Å². The molecule has 4 aromatic carbocycles. The standard InChI is InChI=1S/C24H22F4N4O3.C19H19F4N3O.C5H7NO3/c1-14(24(26,27)28)35-13-15-3-2-4-16(9-15)20-11-21(30-23(34)17-10-22(33)29-12-17)31-32(20)19-7-5-18(25)6-8-19;1-12(19(21,22)23)27-11-13-3-2-4-14(9-13)17(10-18(24)25)26-16-7-5-15(20)6-8-16;7-4-1-3(2-6-4)5(8)9/h2-9,11,14,17H,10,12-13H2,1H3,(H,29,33)(H,30,31,34);2-10,12,26H,11H2,1H3,(H3,24,25);3H,1-2H2,(H,6,7)(H,8,9)/b;17-10-;/t14-,17+;12-;3-/m110/s1. The third-order valence-electron chi connectivity index (χ3n) is 10.5. The molecular weight excluding hydrogens is 953 g/mol. The highest BCUT2D eigenvalue weighted by Crippen LogP contribution is 2.30. The van der Waals surface area contributed by atoms with Crippen LogP contribution in [0.1, 0.15) is 43.4 Å². The number of amides is 3. The lowest BCUT2D eigenvalue weighted by molar-refractivity contribution is -0.217. The van der Waals surface area contributed by atoms with Crippen LogP contribution >= 0.6 is 0 Å². The van der Waals surface area contributed by atoms with Crippen LogP contribution in [-0.2, 0) is 41.9 Å². The molecule has 1 aromatic heterocycles. The SMILES string of the molecule is C[C@@H](OCc1cccc(-c2cc(NC(=O)[C@@H]3CNC(=O)C3)nn2-c2ccc(F)cc2)c1)C(F)(F)F.C[C@@H](OCc1cccc(/C(=C/C(=N)N)Nc2ccc(F)cc2)c1)C(F)(F)F.O=C1C[C@H](C(=O)O)CN1. The predicted molar refractivity (Wildman–Crippen MR) is 244 cm³/mol. The van der Waals surface area contributed by atoms with Gasteiger partial charge in [-0.15, -0.1) is 5.10 Å². The summed E-state index contributed by atoms with van der Waals surface area (Å²) in [4.78, 5) is 44.5. The molecule has 0 aliphatic carbocycles. The number of carbonyl (C=O) groups is 4. The molecule has 2 saturated heterocycles. The minimum atomic E-state index is -4.47. The molecule has 5 aromatic rings. The summed E-state index contributed by atoms with van der Waals surface area (Å²) in [5, 5.41) is 31.0. The monoisotopic (exact) mass is 1000 g/mol. The van der Waals surface area contributed by atoms with Crippen LogP contribution < -0.4 is 27.0 Å². The highest BCUT2D eigenvalue weighted by atomic mass is 19.4. The zero-order valence-electron chi connectivity index (χ0n) is 37.8. The number of nitrogens with zero attached hydrogens (tertiary/aromatic N) is 2. The van der Waals surface area contributed by atoms with Crippen LogP contribution in [0, 0.1) is 28.9 Å². The molecule has 2 fully saturated rings. The Hall–Kier alpha value is -7.66. The van der Waals surface area contributed by atoms with Gasteiger partial charge in [-0.3, -0.25) is 24.6 Å². The Bertz CT molecular complexity index is 2690. The number of ether oxygens (including phenoxy) is 2. The number of aliphatic carboxylic acids is 1. The zero-order chi connectivity index (χ0) is 52.0. The second-order valence-electron chi connectivity index (χ2n) is 16.1. The molecule has 0 spiro atoms. The van der Waals surface area contributed by atoms with Gasteiger partial charge in [0.2, 0.25) is 17.7 Å². The Morgan fingerprint density at radius 2 is 1.31 bits per heavy atom. The lowest BCUT2D eigenvalue weighted by Crippen LogP contribution is -2.28. The van der Waals surface area contributed by atoms with Crippen LogP contribution in [0.2, 0.25) is 0 Å². The van der Waals surface area contributed by atoms with E-state index in [0.717, 1.165) is 13.8 Å². The molecule has 23 heteroatoms. The number of aromatic nitrogens is 2. The molecule has 3 heterocycles. The van der Waals surface area contributed by atoms with Gasteiger partial charge in [-0.05, 0) is 91.2 Å². The average molecular weight is 1000 g/mol. The summed E-state index contributed by atoms with van der Waals surface area (Å²) in [5.74, 6) is -3.51. The minimum Gasteiger partial charge on any atom is -0.481 e. The fraction of sp³-hybridized carbons (Fsp3) is 0.292. The van der Waals surface area contributed by atoms with Gasteiger partial charge < -0.3 is 41.6 Å². The first kappa shape index (κ1) is 54.3. The van der Waals surface area contributed by atoms with Crippen molar-refractivity contribution in [3.8, 4) is 16.9 Å². The van der Waals surface area contributed by atoms with E-state index in [1.54, 1.807) is 54.6 Å². The molecule has 2 aliphatic rings. The van der Waals surface area contributed by atoms with Crippen LogP contribution in [-0.4, -0.2) is 82.1 Å². The van der Waals surface area contributed by atoms with Crippen LogP contribution in [0.3, 0.4) is 0 Å². The van der Waals surface area contributed by atoms with E-state index < -0.39 is 54.0 Å². The third kappa shape index (κ3) is 16.8. The highest BCUT2D eigenvalue weighted by Gasteiger charge is 2.38. The van der Waals surface area contributed by atoms with Gasteiger partial charge >= 0.3 is 18.3 Å².